The zero-order valence-electron chi connectivity index (χ0n) is 20.9. The van der Waals surface area contributed by atoms with Crippen molar-refractivity contribution < 1.29 is 21.6 Å². The third-order valence-corrected chi connectivity index (χ3v) is 10.1. The van der Waals surface area contributed by atoms with Gasteiger partial charge in [0, 0.05) is 33.6 Å². The number of amides is 1. The maximum Gasteiger partial charge on any atom is 0.264 e. The summed E-state index contributed by atoms with van der Waals surface area (Å²) in [5.74, 6) is -0.147. The van der Waals surface area contributed by atoms with E-state index in [0.717, 1.165) is 39.5 Å². The first-order chi connectivity index (χ1) is 17.6. The number of para-hydroxylation sites is 1. The van der Waals surface area contributed by atoms with Crippen LogP contribution in [0.25, 0.3) is 0 Å². The number of carbonyl (C=O) groups excluding carboxylic acids is 1. The number of hydrogen-bond donors (Lipinski definition) is 1. The smallest absolute Gasteiger partial charge is 0.264 e. The van der Waals surface area contributed by atoms with Crippen molar-refractivity contribution in [1.82, 2.24) is 9.62 Å². The number of hydrogen-bond acceptors (Lipinski definition) is 5. The predicted octanol–water partition coefficient (Wildman–Crippen LogP) is 3.33. The molecule has 3 aromatic rings. The molecule has 37 heavy (non-hydrogen) atoms. The molecular weight excluding hydrogens is 510 g/mol. The molecule has 0 spiro atoms. The van der Waals surface area contributed by atoms with Gasteiger partial charge in [0.1, 0.15) is 0 Å². The maximum absolute atomic E-state index is 13.3. The molecule has 1 aliphatic heterocycles. The highest BCUT2D eigenvalue weighted by Gasteiger charge is 2.28. The van der Waals surface area contributed by atoms with Crippen LogP contribution in [0.3, 0.4) is 0 Å². The standard InChI is InChI=1S/C27H31N3O5S2/c1-29(2)36(32,33)24-16-11-22(12-17-24)20-28-27(31)18-13-21-9-14-25(15-10-21)37(34,35)30-19-5-7-23-6-3-4-8-26(23)30/h3-4,6,8-12,14-17H,5,7,13,18-20H2,1-2H3,(H,28,31). The lowest BCUT2D eigenvalue weighted by molar-refractivity contribution is -0.121. The third kappa shape index (κ3) is 6.03. The highest BCUT2D eigenvalue weighted by Crippen LogP contribution is 2.31. The van der Waals surface area contributed by atoms with E-state index in [0.29, 0.717) is 13.0 Å². The van der Waals surface area contributed by atoms with Crippen LogP contribution in [0, 0.1) is 0 Å². The van der Waals surface area contributed by atoms with Crippen molar-refractivity contribution >= 4 is 31.6 Å². The summed E-state index contributed by atoms with van der Waals surface area (Å²) in [4.78, 5) is 12.8. The SMILES string of the molecule is CN(C)S(=O)(=O)c1ccc(CNC(=O)CCc2ccc(S(=O)(=O)N3CCCc4ccccc43)cc2)cc1. The van der Waals surface area contributed by atoms with E-state index in [1.807, 2.05) is 24.3 Å². The highest BCUT2D eigenvalue weighted by atomic mass is 32.2. The Labute approximate surface area is 219 Å². The van der Waals surface area contributed by atoms with Gasteiger partial charge in [-0.05, 0) is 66.3 Å². The number of rotatable bonds is 9. The van der Waals surface area contributed by atoms with Gasteiger partial charge in [-0.1, -0.05) is 42.5 Å². The molecule has 0 aliphatic carbocycles. The molecule has 1 N–H and O–H groups in total. The number of carbonyl (C=O) groups is 1. The van der Waals surface area contributed by atoms with Crippen LogP contribution in [-0.4, -0.2) is 47.7 Å². The van der Waals surface area contributed by atoms with Crippen LogP contribution >= 0.6 is 0 Å². The van der Waals surface area contributed by atoms with Gasteiger partial charge in [-0.25, -0.2) is 21.1 Å². The van der Waals surface area contributed by atoms with E-state index in [2.05, 4.69) is 5.32 Å². The first-order valence-electron chi connectivity index (χ1n) is 12.1. The van der Waals surface area contributed by atoms with Gasteiger partial charge < -0.3 is 5.32 Å². The van der Waals surface area contributed by atoms with Gasteiger partial charge in [-0.3, -0.25) is 9.10 Å². The summed E-state index contributed by atoms with van der Waals surface area (Å²) in [6, 6.07) is 20.7. The molecule has 1 amide bonds. The first-order valence-corrected chi connectivity index (χ1v) is 14.9. The van der Waals surface area contributed by atoms with Crippen LogP contribution in [0.2, 0.25) is 0 Å². The zero-order valence-corrected chi connectivity index (χ0v) is 22.6. The molecule has 10 heteroatoms. The van der Waals surface area contributed by atoms with Crippen LogP contribution in [0.5, 0.6) is 0 Å². The number of fused-ring (bicyclic) bond motifs is 1. The predicted molar refractivity (Wildman–Crippen MR) is 143 cm³/mol. The monoisotopic (exact) mass is 541 g/mol. The normalized spacial score (nSPS) is 13.9. The van der Waals surface area contributed by atoms with Crippen molar-refractivity contribution in [3.8, 4) is 0 Å². The lowest BCUT2D eigenvalue weighted by Crippen LogP contribution is -2.35. The maximum atomic E-state index is 13.3. The molecule has 1 aliphatic rings. The quantitative estimate of drug-likeness (QED) is 0.448. The van der Waals surface area contributed by atoms with Gasteiger partial charge in [0.25, 0.3) is 10.0 Å². The molecular formula is C27H31N3O5S2. The van der Waals surface area contributed by atoms with Crippen molar-refractivity contribution in [1.29, 1.82) is 0 Å². The Morgan fingerprint density at radius 3 is 2.16 bits per heavy atom. The molecule has 1 heterocycles. The second kappa shape index (κ2) is 11.0. The Kier molecular flexibility index (Phi) is 8.01. The van der Waals surface area contributed by atoms with Crippen molar-refractivity contribution in [2.24, 2.45) is 0 Å². The lowest BCUT2D eigenvalue weighted by Gasteiger charge is -2.30. The molecule has 0 fully saturated rings. The van der Waals surface area contributed by atoms with Crippen molar-refractivity contribution in [2.75, 3.05) is 24.9 Å². The number of sulfonamides is 2. The topological polar surface area (TPSA) is 104 Å². The fourth-order valence-electron chi connectivity index (χ4n) is 4.24. The molecule has 0 aromatic heterocycles. The second-order valence-electron chi connectivity index (χ2n) is 9.16. The summed E-state index contributed by atoms with van der Waals surface area (Å²) >= 11 is 0. The van der Waals surface area contributed by atoms with Gasteiger partial charge in [0.05, 0.1) is 15.5 Å². The summed E-state index contributed by atoms with van der Waals surface area (Å²) in [6.45, 7) is 0.741. The highest BCUT2D eigenvalue weighted by molar-refractivity contribution is 7.92. The van der Waals surface area contributed by atoms with Crippen molar-refractivity contribution in [3.05, 3.63) is 89.5 Å². The second-order valence-corrected chi connectivity index (χ2v) is 13.2. The average molecular weight is 542 g/mol. The molecule has 3 aromatic carbocycles. The molecule has 8 nitrogen and oxygen atoms in total. The fourth-order valence-corrected chi connectivity index (χ4v) is 6.68. The van der Waals surface area contributed by atoms with Crippen molar-refractivity contribution in [2.45, 2.75) is 42.0 Å². The van der Waals surface area contributed by atoms with Crippen LogP contribution in [0.15, 0.2) is 82.6 Å². The first kappa shape index (κ1) is 26.8. The lowest BCUT2D eigenvalue weighted by atomic mass is 10.0. The van der Waals surface area contributed by atoms with E-state index in [-0.39, 0.29) is 28.7 Å². The Morgan fingerprint density at radius 2 is 1.49 bits per heavy atom. The summed E-state index contributed by atoms with van der Waals surface area (Å²) < 4.78 is 53.5. The van der Waals surface area contributed by atoms with Crippen LogP contribution in [0.1, 0.15) is 29.5 Å². The molecule has 0 saturated heterocycles. The number of benzene rings is 3. The van der Waals surface area contributed by atoms with Gasteiger partial charge in [-0.15, -0.1) is 0 Å². The summed E-state index contributed by atoms with van der Waals surface area (Å²) in [6.07, 6.45) is 2.37. The third-order valence-electron chi connectivity index (χ3n) is 6.41. The minimum absolute atomic E-state index is 0.147. The van der Waals surface area contributed by atoms with Crippen LogP contribution < -0.4 is 9.62 Å². The summed E-state index contributed by atoms with van der Waals surface area (Å²) in [5, 5.41) is 2.84. The number of aryl methyl sites for hydroxylation is 2. The average Bonchev–Trinajstić information content (AvgIpc) is 2.90. The van der Waals surface area contributed by atoms with E-state index in [4.69, 9.17) is 0 Å². The zero-order chi connectivity index (χ0) is 26.6. The molecule has 0 saturated carbocycles. The Bertz CT molecular complexity index is 1470. The summed E-state index contributed by atoms with van der Waals surface area (Å²) in [7, 11) is -4.20. The van der Waals surface area contributed by atoms with E-state index in [1.54, 1.807) is 36.4 Å². The van der Waals surface area contributed by atoms with Crippen LogP contribution in [0.4, 0.5) is 5.69 Å². The molecule has 196 valence electrons. The van der Waals surface area contributed by atoms with Gasteiger partial charge in [0.15, 0.2) is 0 Å². The van der Waals surface area contributed by atoms with Gasteiger partial charge in [-0.2, -0.15) is 0 Å². The molecule has 4 rings (SSSR count). The Balaban J connectivity index is 1.31. The van der Waals surface area contributed by atoms with E-state index >= 15 is 0 Å². The number of nitrogens with one attached hydrogen (secondary N) is 1. The molecule has 0 unspecified atom stereocenters. The largest absolute Gasteiger partial charge is 0.352 e. The number of nitrogens with zero attached hydrogens (tertiary/aromatic N) is 2. The van der Waals surface area contributed by atoms with Gasteiger partial charge >= 0.3 is 0 Å². The van der Waals surface area contributed by atoms with Gasteiger partial charge in [0.2, 0.25) is 15.9 Å². The molecule has 0 bridgehead atoms. The minimum Gasteiger partial charge on any atom is -0.352 e. The van der Waals surface area contributed by atoms with Crippen molar-refractivity contribution in [3.63, 3.8) is 0 Å². The molecule has 0 atom stereocenters. The Morgan fingerprint density at radius 1 is 0.865 bits per heavy atom. The van der Waals surface area contributed by atoms with Crippen LogP contribution in [-0.2, 0) is 44.2 Å². The van der Waals surface area contributed by atoms with E-state index in [1.165, 1.54) is 30.5 Å². The Hall–Kier alpha value is -3.21. The van der Waals surface area contributed by atoms with E-state index < -0.39 is 20.0 Å². The molecule has 0 radical (unpaired) electrons. The van der Waals surface area contributed by atoms with E-state index in [9.17, 15) is 21.6 Å². The summed E-state index contributed by atoms with van der Waals surface area (Å²) in [5.41, 5.74) is 3.43. The minimum atomic E-state index is -3.67. The fraction of sp³-hybridized carbons (Fsp3) is 0.296. The number of anilines is 1.